The Bertz CT molecular complexity index is 2830. The Labute approximate surface area is 432 Å². The third-order valence-electron chi connectivity index (χ3n) is 11.0. The summed E-state index contributed by atoms with van der Waals surface area (Å²) in [5.41, 5.74) is 3.11. The van der Waals surface area contributed by atoms with Gasteiger partial charge in [0.25, 0.3) is 0 Å². The van der Waals surface area contributed by atoms with Gasteiger partial charge in [-0.05, 0) is 108 Å². The zero-order chi connectivity index (χ0) is 53.4. The lowest BCUT2D eigenvalue weighted by atomic mass is 10.1. The maximum absolute atomic E-state index is 13.2. The molecule has 0 amide bonds. The molecular weight excluding hydrogens is 967 g/mol. The molecule has 0 aliphatic rings. The molecule has 0 bridgehead atoms. The average molecular weight is 1020 g/mol. The number of ether oxygens (including phenoxy) is 12. The summed E-state index contributed by atoms with van der Waals surface area (Å²) in [6.45, 7) is 0. The number of hydrogen-bond acceptors (Lipinski definition) is 18. The van der Waals surface area contributed by atoms with E-state index in [0.29, 0.717) is 102 Å². The van der Waals surface area contributed by atoms with Gasteiger partial charge in [0, 0.05) is 16.7 Å². The van der Waals surface area contributed by atoms with E-state index >= 15 is 0 Å². The fourth-order valence-electron chi connectivity index (χ4n) is 7.19. The summed E-state index contributed by atoms with van der Waals surface area (Å²) in [6, 6.07) is 29.5. The Morgan fingerprint density at radius 3 is 0.720 bits per heavy atom. The van der Waals surface area contributed by atoms with E-state index in [4.69, 9.17) is 56.8 Å². The fraction of sp³-hybridized carbons (Fsp3) is 0.158. The van der Waals surface area contributed by atoms with Crippen molar-refractivity contribution in [3.8, 4) is 87.0 Å². The first-order valence-electron chi connectivity index (χ1n) is 22.6. The Balaban J connectivity index is 1.09. The molecule has 0 aliphatic heterocycles. The summed E-state index contributed by atoms with van der Waals surface area (Å²) in [6.07, 6.45) is 9.24. The Morgan fingerprint density at radius 1 is 0.320 bits per heavy atom. The van der Waals surface area contributed by atoms with Crippen molar-refractivity contribution < 1.29 is 71.2 Å². The number of hydrogen-bond donors (Lipinski definition) is 0. The molecule has 75 heavy (non-hydrogen) atoms. The number of rotatable bonds is 24. The second kappa shape index (κ2) is 25.0. The van der Waals surface area contributed by atoms with E-state index in [1.54, 1.807) is 127 Å². The van der Waals surface area contributed by atoms with Gasteiger partial charge in [-0.15, -0.1) is 15.0 Å². The highest BCUT2D eigenvalue weighted by molar-refractivity contribution is 6.09. The van der Waals surface area contributed by atoms with Crippen LogP contribution in [0.25, 0.3) is 18.2 Å². The standard InChI is InChI=1S/C57H51N3O15/c1-64-46-28-37(29-47(65-2)52(46)70-7)43(61)25-16-34-10-19-40(20-11-34)73-55-58-56(74-41-21-12-35(13-22-41)17-26-44(62)38-30-48(66-3)53(71-8)49(31-38)67-4)60-57(59-55)75-42-23-14-36(15-24-42)18-27-45(63)39-32-50(68-5)54(72-9)51(33-39)69-6/h10-33H,1-9H3/b25-16+,26-17+,27-18+. The molecule has 0 N–H and O–H groups in total. The van der Waals surface area contributed by atoms with Gasteiger partial charge in [-0.1, -0.05) is 54.6 Å². The maximum atomic E-state index is 13.2. The van der Waals surface area contributed by atoms with Crippen molar-refractivity contribution in [3.05, 3.63) is 161 Å². The van der Waals surface area contributed by atoms with E-state index in [9.17, 15) is 14.4 Å². The Morgan fingerprint density at radius 2 is 0.533 bits per heavy atom. The van der Waals surface area contributed by atoms with Crippen molar-refractivity contribution in [2.24, 2.45) is 0 Å². The molecule has 0 unspecified atom stereocenters. The fourth-order valence-corrected chi connectivity index (χ4v) is 7.19. The number of nitrogens with zero attached hydrogens (tertiary/aromatic N) is 3. The van der Waals surface area contributed by atoms with Crippen LogP contribution in [0.2, 0.25) is 0 Å². The summed E-state index contributed by atoms with van der Waals surface area (Å²) >= 11 is 0. The summed E-state index contributed by atoms with van der Waals surface area (Å²) in [5, 5.41) is 0. The predicted molar refractivity (Wildman–Crippen MR) is 278 cm³/mol. The van der Waals surface area contributed by atoms with Gasteiger partial charge >= 0.3 is 18.0 Å². The summed E-state index contributed by atoms with van der Waals surface area (Å²) in [4.78, 5) is 52.7. The molecule has 0 saturated carbocycles. The SMILES string of the molecule is COc1cc(C(=O)/C=C/c2ccc(Oc3nc(Oc4ccc(/C=C/C(=O)c5cc(OC)c(OC)c(OC)c5)cc4)nc(Oc4ccc(/C=C/C(=O)c5cc(OC)c(OC)c(OC)c5)cc4)n3)cc2)cc(OC)c1OC. The quantitative estimate of drug-likeness (QED) is 0.0408. The highest BCUT2D eigenvalue weighted by Gasteiger charge is 2.19. The van der Waals surface area contributed by atoms with E-state index in [0.717, 1.165) is 0 Å². The largest absolute Gasteiger partial charge is 0.493 e. The number of carbonyl (C=O) groups is 3. The topological polar surface area (TPSA) is 201 Å². The third-order valence-corrected chi connectivity index (χ3v) is 11.0. The first kappa shape index (κ1) is 53.0. The molecule has 6 aromatic carbocycles. The van der Waals surface area contributed by atoms with E-state index < -0.39 is 0 Å². The van der Waals surface area contributed by atoms with Gasteiger partial charge < -0.3 is 56.8 Å². The second-order valence-electron chi connectivity index (χ2n) is 15.5. The van der Waals surface area contributed by atoms with Crippen LogP contribution in [0.4, 0.5) is 0 Å². The van der Waals surface area contributed by atoms with Crippen molar-refractivity contribution in [1.29, 1.82) is 0 Å². The maximum Gasteiger partial charge on any atom is 0.331 e. The molecule has 0 aliphatic carbocycles. The predicted octanol–water partition coefficient (Wildman–Crippen LogP) is 11.0. The van der Waals surface area contributed by atoms with Gasteiger partial charge in [-0.2, -0.15) is 0 Å². The molecule has 0 radical (unpaired) electrons. The van der Waals surface area contributed by atoms with Crippen molar-refractivity contribution in [2.45, 2.75) is 0 Å². The van der Waals surface area contributed by atoms with Crippen LogP contribution in [0.5, 0.6) is 87.0 Å². The minimum absolute atomic E-state index is 0.161. The van der Waals surface area contributed by atoms with E-state index in [1.807, 2.05) is 0 Å². The minimum atomic E-state index is -0.290. The lowest BCUT2D eigenvalue weighted by Crippen LogP contribution is -2.01. The molecule has 384 valence electrons. The van der Waals surface area contributed by atoms with Crippen LogP contribution in [0.1, 0.15) is 47.8 Å². The second-order valence-corrected chi connectivity index (χ2v) is 15.5. The summed E-state index contributed by atoms with van der Waals surface area (Å²) in [7, 11) is 13.3. The van der Waals surface area contributed by atoms with Crippen LogP contribution >= 0.6 is 0 Å². The number of benzene rings is 6. The van der Waals surface area contributed by atoms with E-state index in [1.165, 1.54) is 82.2 Å². The number of carbonyl (C=O) groups excluding carboxylic acids is 3. The molecule has 0 fully saturated rings. The van der Waals surface area contributed by atoms with E-state index in [2.05, 4.69) is 15.0 Å². The number of allylic oxidation sites excluding steroid dienone is 3. The molecule has 7 rings (SSSR count). The van der Waals surface area contributed by atoms with Gasteiger partial charge in [0.2, 0.25) is 17.2 Å². The van der Waals surface area contributed by atoms with Gasteiger partial charge in [0.15, 0.2) is 51.8 Å². The molecule has 0 spiro atoms. The minimum Gasteiger partial charge on any atom is -0.493 e. The van der Waals surface area contributed by atoms with Crippen LogP contribution in [0.3, 0.4) is 0 Å². The Hall–Kier alpha value is -9.84. The lowest BCUT2D eigenvalue weighted by Gasteiger charge is -2.13. The molecule has 1 heterocycles. The number of ketones is 3. The number of aromatic nitrogens is 3. The highest BCUT2D eigenvalue weighted by Crippen LogP contribution is 2.41. The zero-order valence-corrected chi connectivity index (χ0v) is 42.3. The molecule has 18 nitrogen and oxygen atoms in total. The van der Waals surface area contributed by atoms with Crippen LogP contribution in [-0.4, -0.2) is 96.3 Å². The first-order valence-corrected chi connectivity index (χ1v) is 22.6. The molecule has 7 aromatic rings. The Kier molecular flexibility index (Phi) is 17.7. The van der Waals surface area contributed by atoms with Crippen molar-refractivity contribution in [1.82, 2.24) is 15.0 Å². The van der Waals surface area contributed by atoms with Gasteiger partial charge in [-0.3, -0.25) is 14.4 Å². The summed E-state index contributed by atoms with van der Waals surface area (Å²) in [5.74, 6) is 3.42. The molecular formula is C57H51N3O15. The van der Waals surface area contributed by atoms with Crippen LogP contribution in [0, 0.1) is 0 Å². The molecule has 18 heteroatoms. The monoisotopic (exact) mass is 1020 g/mol. The van der Waals surface area contributed by atoms with Gasteiger partial charge in [0.05, 0.1) is 64.0 Å². The number of methoxy groups -OCH3 is 9. The smallest absolute Gasteiger partial charge is 0.331 e. The average Bonchev–Trinajstić information content (AvgIpc) is 3.44. The van der Waals surface area contributed by atoms with Crippen molar-refractivity contribution >= 4 is 35.6 Å². The highest BCUT2D eigenvalue weighted by atomic mass is 16.6. The normalized spacial score (nSPS) is 11.0. The van der Waals surface area contributed by atoms with Crippen molar-refractivity contribution in [3.63, 3.8) is 0 Å². The summed E-state index contributed by atoms with van der Waals surface area (Å²) < 4.78 is 66.7. The van der Waals surface area contributed by atoms with E-state index in [-0.39, 0.29) is 35.4 Å². The van der Waals surface area contributed by atoms with Crippen LogP contribution in [0.15, 0.2) is 127 Å². The molecule has 0 saturated heterocycles. The van der Waals surface area contributed by atoms with Gasteiger partial charge in [0.1, 0.15) is 17.2 Å². The third kappa shape index (κ3) is 13.2. The van der Waals surface area contributed by atoms with Crippen LogP contribution in [-0.2, 0) is 0 Å². The zero-order valence-electron chi connectivity index (χ0n) is 42.3. The van der Waals surface area contributed by atoms with Gasteiger partial charge in [-0.25, -0.2) is 0 Å². The molecule has 0 atom stereocenters. The first-order chi connectivity index (χ1) is 36.4. The molecule has 1 aromatic heterocycles. The van der Waals surface area contributed by atoms with Crippen molar-refractivity contribution in [2.75, 3.05) is 64.0 Å². The van der Waals surface area contributed by atoms with Crippen LogP contribution < -0.4 is 56.8 Å². The lowest BCUT2D eigenvalue weighted by molar-refractivity contribution is 0.103.